The highest BCUT2D eigenvalue weighted by Crippen LogP contribution is 2.29. The van der Waals surface area contributed by atoms with Crippen molar-refractivity contribution in [2.24, 2.45) is 0 Å². The predicted octanol–water partition coefficient (Wildman–Crippen LogP) is 2.67. The van der Waals surface area contributed by atoms with Crippen LogP contribution < -0.4 is 4.90 Å². The molecule has 1 unspecified atom stereocenters. The first-order valence-corrected chi connectivity index (χ1v) is 10.3. The topological polar surface area (TPSA) is 77.5 Å². The summed E-state index contributed by atoms with van der Waals surface area (Å²) in [5.41, 5.74) is 0.970. The van der Waals surface area contributed by atoms with E-state index in [9.17, 15) is 0 Å². The van der Waals surface area contributed by atoms with Gasteiger partial charge in [0.25, 0.3) is 0 Å². The van der Waals surface area contributed by atoms with Gasteiger partial charge in [0.15, 0.2) is 11.6 Å². The van der Waals surface area contributed by atoms with Crippen LogP contribution in [0.5, 0.6) is 0 Å². The van der Waals surface area contributed by atoms with Crippen LogP contribution in [0.25, 0.3) is 5.82 Å². The molecule has 28 heavy (non-hydrogen) atoms. The van der Waals surface area contributed by atoms with Crippen molar-refractivity contribution in [1.82, 2.24) is 34.7 Å². The maximum absolute atomic E-state index is 4.59. The number of hydrogen-bond donors (Lipinski definition) is 0. The summed E-state index contributed by atoms with van der Waals surface area (Å²) in [6.07, 6.45) is 9.01. The molecule has 1 fully saturated rings. The largest absolute Gasteiger partial charge is 0.354 e. The Morgan fingerprint density at radius 3 is 2.61 bits per heavy atom. The van der Waals surface area contributed by atoms with Gasteiger partial charge in [-0.15, -0.1) is 20.4 Å². The highest BCUT2D eigenvalue weighted by molar-refractivity contribution is 5.40. The summed E-state index contributed by atoms with van der Waals surface area (Å²) < 4.78 is 4.15. The molecule has 5 rings (SSSR count). The zero-order chi connectivity index (χ0) is 18.9. The van der Waals surface area contributed by atoms with Crippen molar-refractivity contribution in [2.75, 3.05) is 18.0 Å². The molecule has 0 bridgehead atoms. The van der Waals surface area contributed by atoms with Crippen LogP contribution in [0.2, 0.25) is 0 Å². The lowest BCUT2D eigenvalue weighted by Crippen LogP contribution is -2.36. The molecule has 0 radical (unpaired) electrons. The van der Waals surface area contributed by atoms with Crippen LogP contribution in [0.15, 0.2) is 24.4 Å². The van der Waals surface area contributed by atoms with Gasteiger partial charge in [-0.2, -0.15) is 5.10 Å². The minimum Gasteiger partial charge on any atom is -0.354 e. The fourth-order valence-corrected chi connectivity index (χ4v) is 4.36. The number of aryl methyl sites for hydroxylation is 2. The van der Waals surface area contributed by atoms with Crippen LogP contribution in [0.1, 0.15) is 55.4 Å². The average Bonchev–Trinajstić information content (AvgIpc) is 3.28. The first kappa shape index (κ1) is 17.3. The Bertz CT molecular complexity index is 942. The smallest absolute Gasteiger partial charge is 0.175 e. The number of fused-ring (bicyclic) bond motifs is 1. The lowest BCUT2D eigenvalue weighted by atomic mass is 9.97. The standard InChI is InChI=1S/C20H26N8/c1-15-10-13-28(25-15)19-9-8-17(21-23-19)26-11-5-6-16(14-26)20-24-22-18-7-3-2-4-12-27(18)20/h8-10,13,16H,2-7,11-12,14H2,1H3. The summed E-state index contributed by atoms with van der Waals surface area (Å²) in [6, 6.07) is 6.00. The van der Waals surface area contributed by atoms with E-state index in [1.54, 1.807) is 4.68 Å². The normalized spacial score (nSPS) is 20.0. The zero-order valence-electron chi connectivity index (χ0n) is 16.3. The molecule has 5 heterocycles. The summed E-state index contributed by atoms with van der Waals surface area (Å²) in [7, 11) is 0. The second-order valence-corrected chi connectivity index (χ2v) is 7.87. The maximum Gasteiger partial charge on any atom is 0.175 e. The number of aromatic nitrogens is 7. The van der Waals surface area contributed by atoms with Crippen molar-refractivity contribution in [3.63, 3.8) is 0 Å². The Hall–Kier alpha value is -2.77. The highest BCUT2D eigenvalue weighted by atomic mass is 15.4. The van der Waals surface area contributed by atoms with Gasteiger partial charge in [0, 0.05) is 38.2 Å². The third kappa shape index (κ3) is 3.27. The van der Waals surface area contributed by atoms with Crippen molar-refractivity contribution in [3.8, 4) is 5.82 Å². The summed E-state index contributed by atoms with van der Waals surface area (Å²) in [6.45, 7) is 4.96. The molecule has 2 aliphatic heterocycles. The first-order chi connectivity index (χ1) is 13.8. The fraction of sp³-hybridized carbons (Fsp3) is 0.550. The van der Waals surface area contributed by atoms with Crippen LogP contribution >= 0.6 is 0 Å². The third-order valence-electron chi connectivity index (χ3n) is 5.84. The second kappa shape index (κ2) is 7.33. The molecular formula is C20H26N8. The highest BCUT2D eigenvalue weighted by Gasteiger charge is 2.28. The number of nitrogens with zero attached hydrogens (tertiary/aromatic N) is 8. The SMILES string of the molecule is Cc1ccn(-c2ccc(N3CCCC(c4nnc5n4CCCCC5)C3)nn2)n1. The van der Waals surface area contributed by atoms with E-state index in [2.05, 4.69) is 35.0 Å². The maximum atomic E-state index is 4.59. The molecule has 0 saturated carbocycles. The van der Waals surface area contributed by atoms with E-state index in [4.69, 9.17) is 0 Å². The van der Waals surface area contributed by atoms with E-state index in [0.717, 1.165) is 62.1 Å². The second-order valence-electron chi connectivity index (χ2n) is 7.87. The Morgan fingerprint density at radius 1 is 0.893 bits per heavy atom. The molecule has 1 saturated heterocycles. The molecule has 146 valence electrons. The zero-order valence-corrected chi connectivity index (χ0v) is 16.3. The van der Waals surface area contributed by atoms with Gasteiger partial charge in [-0.25, -0.2) is 4.68 Å². The predicted molar refractivity (Wildman–Crippen MR) is 106 cm³/mol. The van der Waals surface area contributed by atoms with Gasteiger partial charge in [-0.05, 0) is 50.8 Å². The quantitative estimate of drug-likeness (QED) is 0.697. The molecule has 3 aromatic rings. The van der Waals surface area contributed by atoms with Gasteiger partial charge < -0.3 is 9.47 Å². The molecule has 0 N–H and O–H groups in total. The minimum absolute atomic E-state index is 0.406. The number of anilines is 1. The van der Waals surface area contributed by atoms with Gasteiger partial charge >= 0.3 is 0 Å². The molecule has 0 spiro atoms. The van der Waals surface area contributed by atoms with Crippen LogP contribution in [0, 0.1) is 6.92 Å². The van der Waals surface area contributed by atoms with Crippen molar-refractivity contribution < 1.29 is 0 Å². The molecule has 0 aromatic carbocycles. The molecule has 8 heteroatoms. The summed E-state index contributed by atoms with van der Waals surface area (Å²) >= 11 is 0. The van der Waals surface area contributed by atoms with Crippen LogP contribution in [-0.4, -0.2) is 47.8 Å². The molecule has 2 aliphatic rings. The number of rotatable bonds is 3. The van der Waals surface area contributed by atoms with Gasteiger partial charge in [0.05, 0.1) is 5.69 Å². The molecule has 0 amide bonds. The van der Waals surface area contributed by atoms with E-state index >= 15 is 0 Å². The van der Waals surface area contributed by atoms with Gasteiger partial charge in [-0.1, -0.05) is 6.42 Å². The van der Waals surface area contributed by atoms with Crippen molar-refractivity contribution >= 4 is 5.82 Å². The van der Waals surface area contributed by atoms with Gasteiger partial charge in [-0.3, -0.25) is 0 Å². The van der Waals surface area contributed by atoms with Gasteiger partial charge in [0.2, 0.25) is 0 Å². The van der Waals surface area contributed by atoms with E-state index in [1.807, 2.05) is 31.3 Å². The van der Waals surface area contributed by atoms with E-state index < -0.39 is 0 Å². The van der Waals surface area contributed by atoms with Crippen LogP contribution in [0.3, 0.4) is 0 Å². The van der Waals surface area contributed by atoms with E-state index in [0.29, 0.717) is 5.92 Å². The molecule has 8 nitrogen and oxygen atoms in total. The van der Waals surface area contributed by atoms with Crippen LogP contribution in [-0.2, 0) is 13.0 Å². The van der Waals surface area contributed by atoms with Crippen molar-refractivity contribution in [3.05, 3.63) is 41.7 Å². The number of hydrogen-bond acceptors (Lipinski definition) is 6. The Morgan fingerprint density at radius 2 is 1.79 bits per heavy atom. The Kier molecular flexibility index (Phi) is 4.54. The third-order valence-corrected chi connectivity index (χ3v) is 5.84. The molecule has 3 aromatic heterocycles. The Balaban J connectivity index is 1.34. The van der Waals surface area contributed by atoms with E-state index in [1.165, 1.54) is 25.1 Å². The lowest BCUT2D eigenvalue weighted by Gasteiger charge is -2.33. The lowest BCUT2D eigenvalue weighted by molar-refractivity contribution is 0.463. The van der Waals surface area contributed by atoms with Crippen LogP contribution in [0.4, 0.5) is 5.82 Å². The average molecular weight is 378 g/mol. The summed E-state index contributed by atoms with van der Waals surface area (Å²) in [5, 5.41) is 22.3. The van der Waals surface area contributed by atoms with Gasteiger partial charge in [0.1, 0.15) is 11.6 Å². The molecular weight excluding hydrogens is 352 g/mol. The molecule has 0 aliphatic carbocycles. The molecule has 1 atom stereocenters. The summed E-state index contributed by atoms with van der Waals surface area (Å²) in [5.74, 6) is 4.41. The minimum atomic E-state index is 0.406. The monoisotopic (exact) mass is 378 g/mol. The number of piperidine rings is 1. The van der Waals surface area contributed by atoms with Crippen molar-refractivity contribution in [2.45, 2.75) is 57.9 Å². The van der Waals surface area contributed by atoms with Crippen molar-refractivity contribution in [1.29, 1.82) is 0 Å². The Labute approximate surface area is 164 Å². The van der Waals surface area contributed by atoms with E-state index in [-0.39, 0.29) is 0 Å². The summed E-state index contributed by atoms with van der Waals surface area (Å²) in [4.78, 5) is 2.33. The first-order valence-electron chi connectivity index (χ1n) is 10.3. The fourth-order valence-electron chi connectivity index (χ4n) is 4.36.